The summed E-state index contributed by atoms with van der Waals surface area (Å²) in [6, 6.07) is 12.3. The van der Waals surface area contributed by atoms with Gasteiger partial charge in [0.2, 0.25) is 10.0 Å². The molecule has 4 rings (SSSR count). The van der Waals surface area contributed by atoms with Crippen LogP contribution < -0.4 is 15.4 Å². The number of nitrogens with zero attached hydrogens (tertiary/aromatic N) is 5. The van der Waals surface area contributed by atoms with Gasteiger partial charge in [-0.3, -0.25) is 9.79 Å². The van der Waals surface area contributed by atoms with Gasteiger partial charge in [-0.15, -0.1) is 6.42 Å². The van der Waals surface area contributed by atoms with E-state index in [1.165, 1.54) is 7.05 Å². The number of nitriles is 1. The summed E-state index contributed by atoms with van der Waals surface area (Å²) < 4.78 is 24.3. The molecule has 1 amide bonds. The molecule has 2 fully saturated rings. The molecule has 3 N–H and O–H groups in total. The van der Waals surface area contributed by atoms with Crippen LogP contribution in [0.15, 0.2) is 46.3 Å². The number of aryl methyl sites for hydroxylation is 2. The number of primary sulfonamides is 1. The number of carbonyl (C=O) groups is 1. The van der Waals surface area contributed by atoms with Gasteiger partial charge < -0.3 is 20.0 Å². The number of piperazine rings is 1. The van der Waals surface area contributed by atoms with E-state index in [1.54, 1.807) is 9.80 Å². The van der Waals surface area contributed by atoms with Gasteiger partial charge in [0.25, 0.3) is 5.91 Å². The number of amides is 1. The van der Waals surface area contributed by atoms with E-state index in [1.807, 2.05) is 38.1 Å². The predicted molar refractivity (Wildman–Crippen MR) is 176 cm³/mol. The third kappa shape index (κ3) is 6.75. The third-order valence-electron chi connectivity index (χ3n) is 8.61. The van der Waals surface area contributed by atoms with E-state index in [2.05, 4.69) is 47.1 Å². The summed E-state index contributed by atoms with van der Waals surface area (Å²) in [5, 5.41) is 18.7. The number of hydrogen-bond donors (Lipinski definition) is 2. The SMILES string of the molecule is C#C/C=C(\C(=N/C)N1CCN(C(=O)c2c(C)cc(C)c(N[C@@H]3CCN(c4ccccc4C#N)C[C@H]3C)c2C)CC1)S(N)(=O)=O. The van der Waals surface area contributed by atoms with Crippen molar-refractivity contribution in [2.45, 2.75) is 40.2 Å². The minimum Gasteiger partial charge on any atom is -0.381 e. The van der Waals surface area contributed by atoms with Crippen LogP contribution in [0.2, 0.25) is 0 Å². The molecule has 0 bridgehead atoms. The van der Waals surface area contributed by atoms with Crippen molar-refractivity contribution >= 4 is 33.1 Å². The molecule has 2 heterocycles. The van der Waals surface area contributed by atoms with E-state index in [0.29, 0.717) is 43.2 Å². The van der Waals surface area contributed by atoms with E-state index >= 15 is 0 Å². The molecule has 0 spiro atoms. The summed E-state index contributed by atoms with van der Waals surface area (Å²) in [6.45, 7) is 11.4. The second-order valence-corrected chi connectivity index (χ2v) is 13.1. The molecule has 0 unspecified atom stereocenters. The van der Waals surface area contributed by atoms with E-state index in [0.717, 1.165) is 53.7 Å². The van der Waals surface area contributed by atoms with Crippen LogP contribution in [0.5, 0.6) is 0 Å². The number of benzene rings is 2. The molecule has 0 radical (unpaired) electrons. The molecule has 2 aliphatic rings. The lowest BCUT2D eigenvalue weighted by atomic mass is 9.90. The Bertz CT molecular complexity index is 1680. The predicted octanol–water partition coefficient (Wildman–Crippen LogP) is 3.40. The largest absolute Gasteiger partial charge is 0.381 e. The number of hydrogen-bond acceptors (Lipinski definition) is 7. The number of nitrogens with two attached hydrogens (primary N) is 1. The molecule has 0 saturated carbocycles. The van der Waals surface area contributed by atoms with Gasteiger partial charge in [0.1, 0.15) is 16.8 Å². The van der Waals surface area contributed by atoms with Crippen molar-refractivity contribution in [3.8, 4) is 18.4 Å². The topological polar surface area (TPSA) is 135 Å². The van der Waals surface area contributed by atoms with E-state index in [9.17, 15) is 18.5 Å². The number of aliphatic imine (C=N–C) groups is 1. The zero-order valence-corrected chi connectivity index (χ0v) is 26.9. The minimum atomic E-state index is -4.07. The quantitative estimate of drug-likeness (QED) is 0.289. The van der Waals surface area contributed by atoms with E-state index in [-0.39, 0.29) is 22.7 Å². The molecule has 11 heteroatoms. The highest BCUT2D eigenvalue weighted by molar-refractivity contribution is 7.94. The number of sulfonamides is 1. The monoisotopic (exact) mass is 615 g/mol. The van der Waals surface area contributed by atoms with Crippen molar-refractivity contribution in [2.24, 2.45) is 16.0 Å². The fourth-order valence-electron chi connectivity index (χ4n) is 6.38. The van der Waals surface area contributed by atoms with E-state index < -0.39 is 10.0 Å². The first kappa shape index (κ1) is 32.6. The number of allylic oxidation sites excluding steroid dienone is 1. The molecule has 0 aliphatic carbocycles. The minimum absolute atomic E-state index is 0.0560. The number of carbonyl (C=O) groups excluding carboxylic acids is 1. The lowest BCUT2D eigenvalue weighted by molar-refractivity contribution is 0.0690. The molecular weight excluding hydrogens is 574 g/mol. The molecule has 2 atom stereocenters. The van der Waals surface area contributed by atoms with Crippen molar-refractivity contribution in [1.29, 1.82) is 5.26 Å². The summed E-state index contributed by atoms with van der Waals surface area (Å²) in [4.78, 5) is 23.8. The second-order valence-electron chi connectivity index (χ2n) is 11.5. The normalized spacial score (nSPS) is 19.8. The summed E-state index contributed by atoms with van der Waals surface area (Å²) in [7, 11) is -2.58. The van der Waals surface area contributed by atoms with Gasteiger partial charge >= 0.3 is 0 Å². The first-order valence-corrected chi connectivity index (χ1v) is 16.3. The van der Waals surface area contributed by atoms with Crippen LogP contribution in [0.4, 0.5) is 11.4 Å². The molecule has 44 heavy (non-hydrogen) atoms. The van der Waals surface area contributed by atoms with Crippen LogP contribution in [0.25, 0.3) is 0 Å². The molecule has 2 saturated heterocycles. The number of amidine groups is 1. The first-order valence-electron chi connectivity index (χ1n) is 14.7. The Labute approximate surface area is 261 Å². The van der Waals surface area contributed by atoms with Crippen LogP contribution in [0.1, 0.15) is 46.0 Å². The molecular formula is C33H41N7O3S. The summed E-state index contributed by atoms with van der Waals surface area (Å²) >= 11 is 0. The van der Waals surface area contributed by atoms with Crippen LogP contribution in [-0.4, -0.2) is 82.3 Å². The fraction of sp³-hybridized carbons (Fsp3) is 0.424. The van der Waals surface area contributed by atoms with Crippen LogP contribution in [-0.2, 0) is 10.0 Å². The molecule has 232 valence electrons. The average molecular weight is 616 g/mol. The van der Waals surface area contributed by atoms with Crippen molar-refractivity contribution in [2.75, 3.05) is 56.5 Å². The third-order valence-corrected chi connectivity index (χ3v) is 9.52. The standard InChI is InChI=1S/C33H41N7O3S/c1-7-10-29(44(35,42)43)32(36-6)38-15-17-39(18-16-38)33(41)30-22(2)19-23(3)31(25(30)5)37-27-13-14-40(21-24(27)4)28-12-9-8-11-26(28)20-34/h1,8-12,19,24,27,37H,13-18,21H2,2-6H3,(H2,35,42,43)/b29-10+,36-32+/t24-,27-/m1/s1. The first-order chi connectivity index (χ1) is 20.9. The van der Waals surface area contributed by atoms with Gasteiger partial charge in [-0.2, -0.15) is 5.26 Å². The number of rotatable bonds is 6. The average Bonchev–Trinajstić information content (AvgIpc) is 2.99. The van der Waals surface area contributed by atoms with Crippen LogP contribution >= 0.6 is 0 Å². The lowest BCUT2D eigenvalue weighted by Gasteiger charge is -2.40. The molecule has 10 nitrogen and oxygen atoms in total. The summed E-state index contributed by atoms with van der Waals surface area (Å²) in [5.41, 5.74) is 6.25. The Hall–Kier alpha value is -4.32. The maximum absolute atomic E-state index is 13.9. The van der Waals surface area contributed by atoms with Crippen LogP contribution in [0.3, 0.4) is 0 Å². The summed E-state index contributed by atoms with van der Waals surface area (Å²) in [6.07, 6.45) is 7.35. The Balaban J connectivity index is 1.49. The van der Waals surface area contributed by atoms with Gasteiger partial charge in [-0.1, -0.05) is 31.0 Å². The highest BCUT2D eigenvalue weighted by Gasteiger charge is 2.32. The number of terminal acetylenes is 1. The maximum atomic E-state index is 13.9. The van der Waals surface area contributed by atoms with Gasteiger partial charge in [0.05, 0.1) is 11.3 Å². The van der Waals surface area contributed by atoms with Crippen molar-refractivity contribution < 1.29 is 13.2 Å². The van der Waals surface area contributed by atoms with Gasteiger partial charge in [-0.25, -0.2) is 13.6 Å². The second kappa shape index (κ2) is 13.5. The number of para-hydroxylation sites is 1. The van der Waals surface area contributed by atoms with Crippen molar-refractivity contribution in [1.82, 2.24) is 9.80 Å². The molecule has 0 aromatic heterocycles. The number of anilines is 2. The number of piperidine rings is 1. The lowest BCUT2D eigenvalue weighted by Crippen LogP contribution is -2.52. The Morgan fingerprint density at radius 3 is 2.36 bits per heavy atom. The van der Waals surface area contributed by atoms with Crippen molar-refractivity contribution in [3.05, 3.63) is 69.1 Å². The summed E-state index contributed by atoms with van der Waals surface area (Å²) in [5.74, 6) is 2.68. The molecule has 2 aliphatic heterocycles. The number of nitrogens with one attached hydrogen (secondary N) is 1. The smallest absolute Gasteiger partial charge is 0.254 e. The Morgan fingerprint density at radius 1 is 1.11 bits per heavy atom. The van der Waals surface area contributed by atoms with Gasteiger partial charge in [-0.05, 0) is 61.9 Å². The zero-order chi connectivity index (χ0) is 32.2. The molecule has 2 aromatic carbocycles. The Kier molecular flexibility index (Phi) is 10.0. The molecule has 2 aromatic rings. The Morgan fingerprint density at radius 2 is 1.77 bits per heavy atom. The van der Waals surface area contributed by atoms with E-state index in [4.69, 9.17) is 11.6 Å². The zero-order valence-electron chi connectivity index (χ0n) is 26.1. The maximum Gasteiger partial charge on any atom is 0.254 e. The van der Waals surface area contributed by atoms with Gasteiger partial charge in [0, 0.05) is 69.7 Å². The van der Waals surface area contributed by atoms with Gasteiger partial charge in [0.15, 0.2) is 0 Å². The van der Waals surface area contributed by atoms with Crippen LogP contribution in [0, 0.1) is 50.4 Å². The fourth-order valence-corrected chi connectivity index (χ4v) is 7.09. The highest BCUT2D eigenvalue weighted by atomic mass is 32.2. The van der Waals surface area contributed by atoms with Crippen molar-refractivity contribution in [3.63, 3.8) is 0 Å². The highest BCUT2D eigenvalue weighted by Crippen LogP contribution is 2.33.